The first kappa shape index (κ1) is 24.0. The summed E-state index contributed by atoms with van der Waals surface area (Å²) in [6.45, 7) is 0. The first-order valence-electron chi connectivity index (χ1n) is 8.06. The predicted molar refractivity (Wildman–Crippen MR) is 104 cm³/mol. The van der Waals surface area contributed by atoms with Crippen molar-refractivity contribution in [3.05, 3.63) is 60.7 Å². The van der Waals surface area contributed by atoms with Gasteiger partial charge in [0.25, 0.3) is 20.0 Å². The number of hydrogen-bond acceptors (Lipinski definition) is 9. The van der Waals surface area contributed by atoms with E-state index < -0.39 is 41.9 Å². The van der Waals surface area contributed by atoms with Crippen LogP contribution in [0.1, 0.15) is 0 Å². The highest BCUT2D eigenvalue weighted by atomic mass is 32.2. The highest BCUT2D eigenvalue weighted by molar-refractivity contribution is 7.89. The molecule has 0 aliphatic rings. The summed E-state index contributed by atoms with van der Waals surface area (Å²) in [5, 5.41) is 0. The summed E-state index contributed by atoms with van der Waals surface area (Å²) in [6, 6.07) is 10.5. The summed E-state index contributed by atoms with van der Waals surface area (Å²) in [5.74, 6) is 9.89. The fourth-order valence-corrected chi connectivity index (χ4v) is 4.07. The average molecular weight is 474 g/mol. The Labute approximate surface area is 176 Å². The van der Waals surface area contributed by atoms with Crippen LogP contribution in [0, 0.1) is 0 Å². The van der Waals surface area contributed by atoms with Gasteiger partial charge in [-0.3, -0.25) is 10.9 Å². The Morgan fingerprint density at radius 2 is 1.00 bits per heavy atom. The maximum atomic E-state index is 12.9. The molecule has 0 aromatic heterocycles. The van der Waals surface area contributed by atoms with Crippen LogP contribution < -0.4 is 33.4 Å². The molecule has 2 aromatic rings. The van der Waals surface area contributed by atoms with Gasteiger partial charge in [-0.15, -0.1) is 4.94 Å². The van der Waals surface area contributed by atoms with Crippen molar-refractivity contribution in [1.29, 1.82) is 0 Å². The molecule has 2 rings (SSSR count). The first-order chi connectivity index (χ1) is 14.6. The van der Waals surface area contributed by atoms with Gasteiger partial charge in [-0.2, -0.15) is 0 Å². The molecule has 0 saturated carbocycles. The maximum absolute atomic E-state index is 12.9. The third-order valence-electron chi connectivity index (χ3n) is 3.31. The average Bonchev–Trinajstić information content (AvgIpc) is 2.78. The molecular formula is C14H18N8O7S2. The number of amides is 4. The lowest BCUT2D eigenvalue weighted by Crippen LogP contribution is -2.59. The van der Waals surface area contributed by atoms with Crippen molar-refractivity contribution in [3.63, 3.8) is 0 Å². The molecule has 17 heteroatoms. The van der Waals surface area contributed by atoms with E-state index in [0.29, 0.717) is 0 Å². The Kier molecular flexibility index (Phi) is 7.83. The van der Waals surface area contributed by atoms with Gasteiger partial charge in [0.2, 0.25) is 0 Å². The summed E-state index contributed by atoms with van der Waals surface area (Å²) < 4.78 is 51.1. The van der Waals surface area contributed by atoms with Gasteiger partial charge in [0.15, 0.2) is 0 Å². The second-order valence-corrected chi connectivity index (χ2v) is 8.85. The van der Waals surface area contributed by atoms with Crippen molar-refractivity contribution >= 4 is 32.1 Å². The molecule has 2 aromatic carbocycles. The van der Waals surface area contributed by atoms with E-state index in [-0.39, 0.29) is 9.16 Å². The SMILES string of the molecule is NNC(=O)NN(ON(NC(=O)NN)S(=O)(=O)c1ccccc1)S(=O)(=O)c1ccccc1. The van der Waals surface area contributed by atoms with Gasteiger partial charge >= 0.3 is 12.1 Å². The molecule has 0 aliphatic heterocycles. The van der Waals surface area contributed by atoms with Crippen LogP contribution in [0.4, 0.5) is 9.59 Å². The Morgan fingerprint density at radius 1 is 0.677 bits per heavy atom. The van der Waals surface area contributed by atoms with Gasteiger partial charge in [-0.25, -0.2) is 49.0 Å². The van der Waals surface area contributed by atoms with Crippen LogP contribution in [0.5, 0.6) is 0 Å². The van der Waals surface area contributed by atoms with Crippen molar-refractivity contribution in [1.82, 2.24) is 30.9 Å². The minimum atomic E-state index is -4.71. The lowest BCUT2D eigenvalue weighted by molar-refractivity contribution is -0.261. The van der Waals surface area contributed by atoms with Gasteiger partial charge in [-0.1, -0.05) is 36.4 Å². The third kappa shape index (κ3) is 5.86. The van der Waals surface area contributed by atoms with E-state index in [4.69, 9.17) is 16.6 Å². The molecule has 0 radical (unpaired) electrons. The van der Waals surface area contributed by atoms with E-state index in [1.165, 1.54) is 36.4 Å². The number of hydrazine groups is 4. The fourth-order valence-electron chi connectivity index (χ4n) is 1.92. The first-order valence-corrected chi connectivity index (χ1v) is 10.9. The van der Waals surface area contributed by atoms with Gasteiger partial charge < -0.3 is 0 Å². The minimum Gasteiger partial charge on any atom is -0.275 e. The number of rotatable bonds is 8. The number of urea groups is 2. The van der Waals surface area contributed by atoms with Crippen molar-refractivity contribution < 1.29 is 31.4 Å². The van der Waals surface area contributed by atoms with Crippen molar-refractivity contribution in [3.8, 4) is 0 Å². The molecule has 4 amide bonds. The molecule has 0 spiro atoms. The van der Waals surface area contributed by atoms with Crippen molar-refractivity contribution in [2.75, 3.05) is 0 Å². The Bertz CT molecular complexity index is 1020. The molecule has 0 unspecified atom stereocenters. The maximum Gasteiger partial charge on any atom is 0.346 e. The van der Waals surface area contributed by atoms with E-state index in [2.05, 4.69) is 0 Å². The molecule has 0 heterocycles. The van der Waals surface area contributed by atoms with Gasteiger partial charge in [0.1, 0.15) is 0 Å². The van der Waals surface area contributed by atoms with Gasteiger partial charge in [0, 0.05) is 9.16 Å². The lowest BCUT2D eigenvalue weighted by Gasteiger charge is -2.27. The molecule has 0 atom stereocenters. The zero-order valence-corrected chi connectivity index (χ0v) is 17.1. The van der Waals surface area contributed by atoms with E-state index in [9.17, 15) is 26.4 Å². The lowest BCUT2D eigenvalue weighted by atomic mass is 10.4. The van der Waals surface area contributed by atoms with Crippen LogP contribution in [-0.2, 0) is 25.0 Å². The van der Waals surface area contributed by atoms with Crippen LogP contribution in [0.3, 0.4) is 0 Å². The zero-order chi connectivity index (χ0) is 23.1. The molecule has 8 N–H and O–H groups in total. The molecule has 0 aliphatic carbocycles. The van der Waals surface area contributed by atoms with Crippen LogP contribution >= 0.6 is 0 Å². The van der Waals surface area contributed by atoms with Crippen molar-refractivity contribution in [2.45, 2.75) is 9.79 Å². The predicted octanol–water partition coefficient (Wildman–Crippen LogP) is -1.61. The summed E-state index contributed by atoms with van der Waals surface area (Å²) >= 11 is 0. The summed E-state index contributed by atoms with van der Waals surface area (Å²) in [5.41, 5.74) is 6.56. The number of carbonyl (C=O) groups is 2. The second-order valence-electron chi connectivity index (χ2n) is 5.34. The highest BCUT2D eigenvalue weighted by Gasteiger charge is 2.36. The Balaban J connectivity index is 2.52. The number of nitrogens with two attached hydrogens (primary N) is 2. The number of carbonyl (C=O) groups excluding carboxylic acids is 2. The summed E-state index contributed by atoms with van der Waals surface area (Å²) in [4.78, 5) is 27.4. The zero-order valence-electron chi connectivity index (χ0n) is 15.5. The molecule has 168 valence electrons. The Morgan fingerprint density at radius 3 is 1.29 bits per heavy atom. The smallest absolute Gasteiger partial charge is 0.275 e. The van der Waals surface area contributed by atoms with Crippen LogP contribution in [0.2, 0.25) is 0 Å². The standard InChI is InChI=1S/C14H18N8O7S2/c15-17-13(23)19-21(30(25,26)11-7-3-1-4-8-11)29-22(20-14(24)18-16)31(27,28)12-9-5-2-6-10-12/h1-10H,15-16H2,(H2,17,19,23)(H2,18,20,24). The highest BCUT2D eigenvalue weighted by Crippen LogP contribution is 2.19. The van der Waals surface area contributed by atoms with Crippen molar-refractivity contribution in [2.24, 2.45) is 11.7 Å². The minimum absolute atomic E-state index is 0.220. The summed E-state index contributed by atoms with van der Waals surface area (Å²) in [7, 11) is -9.42. The monoisotopic (exact) mass is 474 g/mol. The van der Waals surface area contributed by atoms with Gasteiger partial charge in [0.05, 0.1) is 9.79 Å². The quantitative estimate of drug-likeness (QED) is 0.147. The third-order valence-corrected chi connectivity index (χ3v) is 6.24. The van der Waals surface area contributed by atoms with Crippen LogP contribution in [0.25, 0.3) is 0 Å². The van der Waals surface area contributed by atoms with E-state index >= 15 is 0 Å². The van der Waals surface area contributed by atoms with E-state index in [1.54, 1.807) is 21.7 Å². The van der Waals surface area contributed by atoms with Crippen LogP contribution in [-0.4, -0.2) is 38.1 Å². The molecule has 0 bridgehead atoms. The molecule has 15 nitrogen and oxygen atoms in total. The number of nitrogens with one attached hydrogen (secondary N) is 4. The normalized spacial score (nSPS) is 11.7. The number of nitrogens with zero attached hydrogens (tertiary/aromatic N) is 2. The largest absolute Gasteiger partial charge is 0.346 e. The van der Waals surface area contributed by atoms with E-state index in [0.717, 1.165) is 24.3 Å². The summed E-state index contributed by atoms with van der Waals surface area (Å²) in [6.07, 6.45) is 0. The Hall–Kier alpha value is -3.32. The molecule has 31 heavy (non-hydrogen) atoms. The number of hydrogen-bond donors (Lipinski definition) is 6. The second kappa shape index (κ2) is 10.1. The number of benzene rings is 2. The molecule has 0 fully saturated rings. The van der Waals surface area contributed by atoms with Gasteiger partial charge in [-0.05, 0) is 24.3 Å². The van der Waals surface area contributed by atoms with E-state index in [1.807, 2.05) is 0 Å². The topological polar surface area (TPSA) is 218 Å². The van der Waals surface area contributed by atoms with Crippen LogP contribution in [0.15, 0.2) is 70.5 Å². The fraction of sp³-hybridized carbons (Fsp3) is 0. The molecular weight excluding hydrogens is 456 g/mol. The number of sulfonamides is 2. The molecule has 0 saturated heterocycles.